The van der Waals surface area contributed by atoms with Gasteiger partial charge in [-0.05, 0) is 30.7 Å². The molecule has 1 saturated heterocycles. The lowest BCUT2D eigenvalue weighted by molar-refractivity contribution is 0.475. The van der Waals surface area contributed by atoms with Crippen molar-refractivity contribution in [1.82, 2.24) is 15.1 Å². The van der Waals surface area contributed by atoms with Gasteiger partial charge in [0, 0.05) is 25.1 Å². The Morgan fingerprint density at radius 3 is 3.06 bits per heavy atom. The first-order valence-electron chi connectivity index (χ1n) is 6.27. The molecule has 2 heterocycles. The van der Waals surface area contributed by atoms with Crippen LogP contribution in [0.1, 0.15) is 18.0 Å². The molecule has 18 heavy (non-hydrogen) atoms. The Labute approximate surface area is 106 Å². The van der Waals surface area contributed by atoms with Gasteiger partial charge < -0.3 is 10.4 Å². The van der Waals surface area contributed by atoms with Crippen LogP contribution in [0.25, 0.3) is 11.1 Å². The number of phenolic OH excluding ortho intramolecular Hbond substituents is 1. The molecular weight excluding hydrogens is 226 g/mol. The number of rotatable bonds is 2. The van der Waals surface area contributed by atoms with E-state index in [1.807, 2.05) is 30.1 Å². The average molecular weight is 243 g/mol. The average Bonchev–Trinajstić information content (AvgIpc) is 2.97. The Kier molecular flexibility index (Phi) is 2.80. The van der Waals surface area contributed by atoms with Gasteiger partial charge in [-0.15, -0.1) is 0 Å². The zero-order chi connectivity index (χ0) is 12.5. The first-order valence-corrected chi connectivity index (χ1v) is 6.27. The molecule has 0 aliphatic carbocycles. The van der Waals surface area contributed by atoms with Crippen molar-refractivity contribution in [2.24, 2.45) is 7.05 Å². The summed E-state index contributed by atoms with van der Waals surface area (Å²) in [7, 11) is 1.99. The van der Waals surface area contributed by atoms with Gasteiger partial charge in [-0.1, -0.05) is 12.1 Å². The molecule has 4 heteroatoms. The second kappa shape index (κ2) is 4.46. The van der Waals surface area contributed by atoms with E-state index in [4.69, 9.17) is 0 Å². The van der Waals surface area contributed by atoms with E-state index >= 15 is 0 Å². The van der Waals surface area contributed by atoms with Gasteiger partial charge >= 0.3 is 0 Å². The molecule has 3 rings (SSSR count). The summed E-state index contributed by atoms with van der Waals surface area (Å²) < 4.78 is 1.96. The summed E-state index contributed by atoms with van der Waals surface area (Å²) in [5.41, 5.74) is 3.41. The van der Waals surface area contributed by atoms with Crippen LogP contribution in [0.5, 0.6) is 5.75 Å². The number of phenols is 1. The Balaban J connectivity index is 2.07. The fourth-order valence-electron chi connectivity index (χ4n) is 2.72. The van der Waals surface area contributed by atoms with Gasteiger partial charge in [0.25, 0.3) is 0 Å². The molecule has 0 bridgehead atoms. The number of hydrogen-bond donors (Lipinski definition) is 2. The third kappa shape index (κ3) is 1.88. The molecule has 1 aromatic heterocycles. The van der Waals surface area contributed by atoms with Crippen LogP contribution in [-0.2, 0) is 7.05 Å². The van der Waals surface area contributed by atoms with E-state index in [0.29, 0.717) is 11.7 Å². The van der Waals surface area contributed by atoms with Gasteiger partial charge in [0.15, 0.2) is 0 Å². The minimum atomic E-state index is 0.298. The smallest absolute Gasteiger partial charge is 0.116 e. The van der Waals surface area contributed by atoms with Crippen molar-refractivity contribution < 1.29 is 5.11 Å². The van der Waals surface area contributed by atoms with Crippen molar-refractivity contribution in [3.05, 3.63) is 36.2 Å². The van der Waals surface area contributed by atoms with Gasteiger partial charge in [0.05, 0.1) is 11.9 Å². The van der Waals surface area contributed by atoms with Gasteiger partial charge in [-0.25, -0.2) is 0 Å². The maximum atomic E-state index is 9.60. The summed E-state index contributed by atoms with van der Waals surface area (Å²) in [5.74, 6) is 0.807. The molecule has 2 N–H and O–H groups in total. The molecule has 1 atom stereocenters. The Bertz CT molecular complexity index is 556. The van der Waals surface area contributed by atoms with Gasteiger partial charge in [-0.2, -0.15) is 5.10 Å². The molecule has 4 nitrogen and oxygen atoms in total. The normalized spacial score (nSPS) is 19.3. The summed E-state index contributed by atoms with van der Waals surface area (Å²) in [6.07, 6.45) is 3.04. The molecule has 1 fully saturated rings. The van der Waals surface area contributed by atoms with Crippen LogP contribution in [0.3, 0.4) is 0 Å². The lowest BCUT2D eigenvalue weighted by atomic mass is 9.96. The quantitative estimate of drug-likeness (QED) is 0.846. The third-order valence-electron chi connectivity index (χ3n) is 3.59. The molecule has 94 valence electrons. The number of aryl methyl sites for hydroxylation is 1. The van der Waals surface area contributed by atoms with E-state index < -0.39 is 0 Å². The predicted molar refractivity (Wildman–Crippen MR) is 70.5 cm³/mol. The summed E-state index contributed by atoms with van der Waals surface area (Å²) in [5, 5.41) is 17.4. The van der Waals surface area contributed by atoms with E-state index in [2.05, 4.69) is 10.4 Å². The molecule has 1 aromatic carbocycles. The fourth-order valence-corrected chi connectivity index (χ4v) is 2.72. The number of aromatic nitrogens is 2. The second-order valence-corrected chi connectivity index (χ2v) is 4.81. The summed E-state index contributed by atoms with van der Waals surface area (Å²) in [4.78, 5) is 0. The van der Waals surface area contributed by atoms with Crippen LogP contribution in [0.2, 0.25) is 0 Å². The molecular formula is C14H17N3O. The molecule has 0 saturated carbocycles. The van der Waals surface area contributed by atoms with Crippen molar-refractivity contribution in [1.29, 1.82) is 0 Å². The van der Waals surface area contributed by atoms with Crippen LogP contribution in [0.15, 0.2) is 30.5 Å². The molecule has 1 aliphatic heterocycles. The van der Waals surface area contributed by atoms with E-state index in [1.165, 1.54) is 5.69 Å². The van der Waals surface area contributed by atoms with Gasteiger partial charge in [-0.3, -0.25) is 4.68 Å². The number of benzene rings is 1. The Hall–Kier alpha value is -1.81. The molecule has 0 radical (unpaired) electrons. The first kappa shape index (κ1) is 11.3. The predicted octanol–water partition coefficient (Wildman–Crippen LogP) is 1.87. The van der Waals surface area contributed by atoms with Crippen LogP contribution in [0, 0.1) is 0 Å². The standard InChI is InChI=1S/C14H17N3O/c1-17-14(11-5-6-15-8-11)13(9-16-17)10-3-2-4-12(18)7-10/h2-4,7,9,11,15,18H,5-6,8H2,1H3. The van der Waals surface area contributed by atoms with Crippen LogP contribution in [-0.4, -0.2) is 28.0 Å². The van der Waals surface area contributed by atoms with Crippen LogP contribution < -0.4 is 5.32 Å². The number of nitrogens with one attached hydrogen (secondary N) is 1. The highest BCUT2D eigenvalue weighted by molar-refractivity contribution is 5.67. The number of aromatic hydroxyl groups is 1. The van der Waals surface area contributed by atoms with E-state index in [0.717, 1.165) is 30.6 Å². The zero-order valence-electron chi connectivity index (χ0n) is 10.4. The van der Waals surface area contributed by atoms with Crippen molar-refractivity contribution in [3.63, 3.8) is 0 Å². The highest BCUT2D eigenvalue weighted by Crippen LogP contribution is 2.33. The highest BCUT2D eigenvalue weighted by Gasteiger charge is 2.23. The molecule has 0 spiro atoms. The van der Waals surface area contributed by atoms with Crippen LogP contribution >= 0.6 is 0 Å². The molecule has 1 aliphatic rings. The number of hydrogen-bond acceptors (Lipinski definition) is 3. The third-order valence-corrected chi connectivity index (χ3v) is 3.59. The second-order valence-electron chi connectivity index (χ2n) is 4.81. The number of nitrogens with zero attached hydrogens (tertiary/aromatic N) is 2. The van der Waals surface area contributed by atoms with Crippen LogP contribution in [0.4, 0.5) is 0 Å². The van der Waals surface area contributed by atoms with Gasteiger partial charge in [0.1, 0.15) is 5.75 Å². The summed E-state index contributed by atoms with van der Waals surface area (Å²) >= 11 is 0. The van der Waals surface area contributed by atoms with E-state index in [-0.39, 0.29) is 0 Å². The lowest BCUT2D eigenvalue weighted by Gasteiger charge is -2.12. The summed E-state index contributed by atoms with van der Waals surface area (Å²) in [6, 6.07) is 7.37. The maximum Gasteiger partial charge on any atom is 0.116 e. The molecule has 2 aromatic rings. The van der Waals surface area contributed by atoms with Crippen molar-refractivity contribution >= 4 is 0 Å². The largest absolute Gasteiger partial charge is 0.508 e. The zero-order valence-corrected chi connectivity index (χ0v) is 10.4. The Morgan fingerprint density at radius 2 is 2.33 bits per heavy atom. The van der Waals surface area contributed by atoms with Crippen molar-refractivity contribution in [3.8, 4) is 16.9 Å². The van der Waals surface area contributed by atoms with Crippen molar-refractivity contribution in [2.45, 2.75) is 12.3 Å². The van der Waals surface area contributed by atoms with E-state index in [1.54, 1.807) is 12.1 Å². The minimum Gasteiger partial charge on any atom is -0.508 e. The fraction of sp³-hybridized carbons (Fsp3) is 0.357. The Morgan fingerprint density at radius 1 is 1.44 bits per heavy atom. The molecule has 1 unspecified atom stereocenters. The van der Waals surface area contributed by atoms with Gasteiger partial charge in [0.2, 0.25) is 0 Å². The topological polar surface area (TPSA) is 50.1 Å². The highest BCUT2D eigenvalue weighted by atomic mass is 16.3. The van der Waals surface area contributed by atoms with Crippen molar-refractivity contribution in [2.75, 3.05) is 13.1 Å². The SMILES string of the molecule is Cn1ncc(-c2cccc(O)c2)c1C1CCNC1. The van der Waals surface area contributed by atoms with E-state index in [9.17, 15) is 5.11 Å². The first-order chi connectivity index (χ1) is 8.75. The monoisotopic (exact) mass is 243 g/mol. The maximum absolute atomic E-state index is 9.60. The minimum absolute atomic E-state index is 0.298. The summed E-state index contributed by atoms with van der Waals surface area (Å²) in [6.45, 7) is 2.07. The lowest BCUT2D eigenvalue weighted by Crippen LogP contribution is -2.11. The molecule has 0 amide bonds.